The van der Waals surface area contributed by atoms with E-state index < -0.39 is 0 Å². The van der Waals surface area contributed by atoms with Gasteiger partial charge < -0.3 is 9.80 Å². The lowest BCUT2D eigenvalue weighted by molar-refractivity contribution is -0.130. The first-order chi connectivity index (χ1) is 15.6. The summed E-state index contributed by atoms with van der Waals surface area (Å²) in [7, 11) is 0. The van der Waals surface area contributed by atoms with Gasteiger partial charge in [0.1, 0.15) is 5.82 Å². The molecule has 3 aromatic rings. The summed E-state index contributed by atoms with van der Waals surface area (Å²) in [6.45, 7) is 9.91. The zero-order chi connectivity index (χ0) is 22.1. The highest BCUT2D eigenvalue weighted by Gasteiger charge is 2.27. The first kappa shape index (κ1) is 21.4. The predicted molar refractivity (Wildman–Crippen MR) is 133 cm³/mol. The number of likely N-dealkylation sites (N-methyl/N-ethyl adjacent to an activating group) is 1. The van der Waals surface area contributed by atoms with E-state index in [0.717, 1.165) is 64.3 Å². The van der Waals surface area contributed by atoms with Gasteiger partial charge in [-0.15, -0.1) is 0 Å². The van der Waals surface area contributed by atoms with Crippen molar-refractivity contribution < 1.29 is 4.79 Å². The summed E-state index contributed by atoms with van der Waals surface area (Å²) in [5.74, 6) is 1.35. The average molecular weight is 449 g/mol. The van der Waals surface area contributed by atoms with Crippen LogP contribution in [0.2, 0.25) is 0 Å². The van der Waals surface area contributed by atoms with Crippen LogP contribution >= 0.6 is 11.5 Å². The number of benzene rings is 2. The molecule has 0 radical (unpaired) electrons. The lowest BCUT2D eigenvalue weighted by Crippen LogP contribution is -2.47. The molecule has 1 aromatic heterocycles. The first-order valence-corrected chi connectivity index (χ1v) is 12.6. The summed E-state index contributed by atoms with van der Waals surface area (Å²) >= 11 is 1.60. The lowest BCUT2D eigenvalue weighted by atomic mass is 10.0. The molecular formula is C26H32N4OS. The van der Waals surface area contributed by atoms with Crippen molar-refractivity contribution in [3.63, 3.8) is 0 Å². The van der Waals surface area contributed by atoms with Crippen LogP contribution in [0.4, 0.5) is 5.82 Å². The van der Waals surface area contributed by atoms with E-state index in [0.29, 0.717) is 6.04 Å². The highest BCUT2D eigenvalue weighted by atomic mass is 32.1. The number of piperazine rings is 1. The third-order valence-corrected chi connectivity index (χ3v) is 7.93. The standard InChI is InChI=1S/C26H32N4OS/c1-3-30(19(2)31)23-17-21-9-8-20(16-22(21)18-23)10-11-28-12-14-29(15-13-28)26-24-6-4-5-7-25(24)32-27-26/h4-9,16,23H,3,10-15,17-18H2,1-2H3/t23-/m1/s1. The third kappa shape index (κ3) is 4.26. The van der Waals surface area contributed by atoms with Crippen LogP contribution in [0.15, 0.2) is 42.5 Å². The number of hydrogen-bond donors (Lipinski definition) is 0. The maximum absolute atomic E-state index is 11.9. The summed E-state index contributed by atoms with van der Waals surface area (Å²) in [4.78, 5) is 19.0. The van der Waals surface area contributed by atoms with E-state index in [1.165, 1.54) is 26.8 Å². The van der Waals surface area contributed by atoms with Crippen LogP contribution in [0.1, 0.15) is 30.5 Å². The molecule has 2 aliphatic rings. The Hall–Kier alpha value is -2.44. The second kappa shape index (κ2) is 9.20. The molecule has 1 fully saturated rings. The van der Waals surface area contributed by atoms with Gasteiger partial charge in [0.2, 0.25) is 5.91 Å². The molecule has 6 heteroatoms. The highest BCUT2D eigenvalue weighted by Crippen LogP contribution is 2.30. The lowest BCUT2D eigenvalue weighted by Gasteiger charge is -2.35. The molecule has 168 valence electrons. The predicted octanol–water partition coefficient (Wildman–Crippen LogP) is 4.00. The van der Waals surface area contributed by atoms with Crippen LogP contribution in [-0.2, 0) is 24.1 Å². The molecule has 0 N–H and O–H groups in total. The molecule has 5 rings (SSSR count). The first-order valence-electron chi connectivity index (χ1n) is 11.8. The minimum absolute atomic E-state index is 0.190. The Morgan fingerprint density at radius 1 is 1.09 bits per heavy atom. The van der Waals surface area contributed by atoms with Crippen molar-refractivity contribution >= 4 is 33.3 Å². The van der Waals surface area contributed by atoms with Crippen LogP contribution in [0.25, 0.3) is 10.1 Å². The van der Waals surface area contributed by atoms with E-state index in [2.05, 4.69) is 59.2 Å². The molecule has 1 atom stereocenters. The van der Waals surface area contributed by atoms with Crippen molar-refractivity contribution in [2.75, 3.05) is 44.2 Å². The van der Waals surface area contributed by atoms with Gasteiger partial charge in [-0.1, -0.05) is 30.3 Å². The van der Waals surface area contributed by atoms with Crippen molar-refractivity contribution in [1.29, 1.82) is 0 Å². The summed E-state index contributed by atoms with van der Waals surface area (Å²) in [6, 6.07) is 15.9. The normalized spacial score (nSPS) is 18.8. The average Bonchev–Trinajstić information content (AvgIpc) is 3.42. The van der Waals surface area contributed by atoms with Gasteiger partial charge in [0.25, 0.3) is 0 Å². The molecule has 1 aliphatic heterocycles. The van der Waals surface area contributed by atoms with Gasteiger partial charge in [-0.25, -0.2) is 0 Å². The molecule has 1 amide bonds. The van der Waals surface area contributed by atoms with E-state index in [9.17, 15) is 4.79 Å². The van der Waals surface area contributed by atoms with Gasteiger partial charge in [-0.2, -0.15) is 4.37 Å². The quantitative estimate of drug-likeness (QED) is 0.572. The zero-order valence-electron chi connectivity index (χ0n) is 19.1. The number of aromatic nitrogens is 1. The molecule has 0 bridgehead atoms. The van der Waals surface area contributed by atoms with Crippen molar-refractivity contribution in [3.8, 4) is 0 Å². The molecule has 2 aromatic carbocycles. The summed E-state index contributed by atoms with van der Waals surface area (Å²) in [6.07, 6.45) is 3.08. The Labute approximate surface area is 194 Å². The Morgan fingerprint density at radius 2 is 1.88 bits per heavy atom. The van der Waals surface area contributed by atoms with Crippen molar-refractivity contribution in [3.05, 3.63) is 59.2 Å². The number of carbonyl (C=O) groups excluding carboxylic acids is 1. The SMILES string of the molecule is CCN(C(C)=O)[C@@H]1Cc2ccc(CCN3CCN(c4nsc5ccccc45)CC3)cc2C1. The molecule has 5 nitrogen and oxygen atoms in total. The van der Waals surface area contributed by atoms with Crippen LogP contribution in [-0.4, -0.2) is 65.4 Å². The second-order valence-electron chi connectivity index (χ2n) is 9.05. The van der Waals surface area contributed by atoms with E-state index >= 15 is 0 Å². The number of carbonyl (C=O) groups is 1. The highest BCUT2D eigenvalue weighted by molar-refractivity contribution is 7.13. The molecule has 0 unspecified atom stereocenters. The van der Waals surface area contributed by atoms with Gasteiger partial charge >= 0.3 is 0 Å². The van der Waals surface area contributed by atoms with Crippen LogP contribution in [0.5, 0.6) is 0 Å². The Kier molecular flexibility index (Phi) is 6.15. The number of amides is 1. The number of fused-ring (bicyclic) bond motifs is 2. The fourth-order valence-electron chi connectivity index (χ4n) is 5.33. The number of nitrogens with zero attached hydrogens (tertiary/aromatic N) is 4. The number of hydrogen-bond acceptors (Lipinski definition) is 5. The van der Waals surface area contributed by atoms with Crippen LogP contribution in [0, 0.1) is 0 Å². The van der Waals surface area contributed by atoms with Crippen LogP contribution in [0.3, 0.4) is 0 Å². The van der Waals surface area contributed by atoms with E-state index in [1.54, 1.807) is 18.5 Å². The van der Waals surface area contributed by atoms with Crippen molar-refractivity contribution in [2.45, 2.75) is 39.2 Å². The number of anilines is 1. The topological polar surface area (TPSA) is 39.7 Å². The van der Waals surface area contributed by atoms with Gasteiger partial charge in [-0.3, -0.25) is 9.69 Å². The van der Waals surface area contributed by atoms with Crippen molar-refractivity contribution in [2.24, 2.45) is 0 Å². The molecule has 32 heavy (non-hydrogen) atoms. The van der Waals surface area contributed by atoms with Gasteiger partial charge in [0, 0.05) is 57.6 Å². The fraction of sp³-hybridized carbons (Fsp3) is 0.462. The minimum Gasteiger partial charge on any atom is -0.353 e. The zero-order valence-corrected chi connectivity index (χ0v) is 19.9. The maximum Gasteiger partial charge on any atom is 0.219 e. The molecule has 1 aliphatic carbocycles. The summed E-state index contributed by atoms with van der Waals surface area (Å²) in [5, 5.41) is 1.29. The van der Waals surface area contributed by atoms with Crippen LogP contribution < -0.4 is 4.90 Å². The van der Waals surface area contributed by atoms with Crippen molar-refractivity contribution in [1.82, 2.24) is 14.2 Å². The van der Waals surface area contributed by atoms with E-state index in [-0.39, 0.29) is 5.91 Å². The smallest absolute Gasteiger partial charge is 0.219 e. The Balaban J connectivity index is 1.15. The molecule has 0 saturated carbocycles. The van der Waals surface area contributed by atoms with E-state index in [4.69, 9.17) is 4.37 Å². The largest absolute Gasteiger partial charge is 0.353 e. The third-order valence-electron chi connectivity index (χ3n) is 7.11. The molecule has 1 saturated heterocycles. The minimum atomic E-state index is 0.190. The fourth-order valence-corrected chi connectivity index (χ4v) is 6.13. The van der Waals surface area contributed by atoms with Gasteiger partial charge in [0.15, 0.2) is 0 Å². The molecular weight excluding hydrogens is 416 g/mol. The van der Waals surface area contributed by atoms with Gasteiger partial charge in [-0.05, 0) is 66.5 Å². The number of rotatable bonds is 6. The maximum atomic E-state index is 11.9. The second-order valence-corrected chi connectivity index (χ2v) is 9.86. The summed E-state index contributed by atoms with van der Waals surface area (Å²) in [5.41, 5.74) is 4.28. The molecule has 0 spiro atoms. The summed E-state index contributed by atoms with van der Waals surface area (Å²) < 4.78 is 6.00. The van der Waals surface area contributed by atoms with Gasteiger partial charge in [0.05, 0.1) is 4.70 Å². The molecule has 2 heterocycles. The Morgan fingerprint density at radius 3 is 2.66 bits per heavy atom. The Bertz CT molecular complexity index is 1100. The monoisotopic (exact) mass is 448 g/mol. The van der Waals surface area contributed by atoms with E-state index in [1.807, 2.05) is 4.90 Å².